The van der Waals surface area contributed by atoms with E-state index in [9.17, 15) is 5.21 Å². The Labute approximate surface area is 184 Å². The molecule has 0 radical (unpaired) electrons. The number of ether oxygens (including phenoxy) is 1. The summed E-state index contributed by atoms with van der Waals surface area (Å²) in [4.78, 5) is 9.21. The molecular weight excluding hydrogens is 388 g/mol. The Bertz CT molecular complexity index is 944. The Balaban J connectivity index is 1.48. The molecule has 4 atom stereocenters. The van der Waals surface area contributed by atoms with Gasteiger partial charge >= 0.3 is 0 Å². The first kappa shape index (κ1) is 21.5. The van der Waals surface area contributed by atoms with Gasteiger partial charge in [0.2, 0.25) is 5.96 Å². The van der Waals surface area contributed by atoms with Crippen LogP contribution in [0.5, 0.6) is 5.75 Å². The predicted molar refractivity (Wildman–Crippen MR) is 124 cm³/mol. The van der Waals surface area contributed by atoms with Gasteiger partial charge in [0, 0.05) is 30.8 Å². The molecule has 31 heavy (non-hydrogen) atoms. The van der Waals surface area contributed by atoms with Gasteiger partial charge in [-0.25, -0.2) is 9.98 Å². The highest BCUT2D eigenvalue weighted by atomic mass is 16.5. The van der Waals surface area contributed by atoms with E-state index >= 15 is 0 Å². The van der Waals surface area contributed by atoms with E-state index < -0.39 is 0 Å². The number of hydroxylamine groups is 2. The molecule has 0 spiro atoms. The maximum Gasteiger partial charge on any atom is 0.218 e. The summed E-state index contributed by atoms with van der Waals surface area (Å²) in [5.41, 5.74) is 2.38. The fraction of sp³-hybridized carbons (Fsp3) is 0.440. The molecule has 1 fully saturated rings. The highest BCUT2D eigenvalue weighted by Gasteiger charge is 2.50. The van der Waals surface area contributed by atoms with Gasteiger partial charge in [-0.1, -0.05) is 49.4 Å². The van der Waals surface area contributed by atoms with Crippen LogP contribution in [0.1, 0.15) is 36.8 Å². The number of benzene rings is 2. The number of nitrogens with one attached hydrogen (secondary N) is 1. The van der Waals surface area contributed by atoms with E-state index in [1.807, 2.05) is 36.5 Å². The van der Waals surface area contributed by atoms with E-state index in [-0.39, 0.29) is 17.5 Å². The maximum absolute atomic E-state index is 10.5. The van der Waals surface area contributed by atoms with Gasteiger partial charge in [-0.15, -0.1) is 0 Å². The first-order chi connectivity index (χ1) is 15.0. The minimum Gasteiger partial charge on any atom is -0.492 e. The summed E-state index contributed by atoms with van der Waals surface area (Å²) >= 11 is 0. The Morgan fingerprint density at radius 2 is 1.90 bits per heavy atom. The topological polar surface area (TPSA) is 69.5 Å². The number of hydrogen-bond donors (Lipinski definition) is 2. The number of aliphatic imine (C=N–C) groups is 2. The normalized spacial score (nSPS) is 28.9. The fourth-order valence-electron chi connectivity index (χ4n) is 4.95. The third-order valence-corrected chi connectivity index (χ3v) is 6.71. The van der Waals surface area contributed by atoms with Crippen molar-refractivity contribution < 1.29 is 9.94 Å². The molecular formula is C25H32N4O2. The van der Waals surface area contributed by atoms with Crippen LogP contribution < -0.4 is 10.1 Å². The van der Waals surface area contributed by atoms with Gasteiger partial charge in [0.1, 0.15) is 12.4 Å². The number of rotatable bonds is 6. The van der Waals surface area contributed by atoms with Crippen molar-refractivity contribution in [3.8, 4) is 5.75 Å². The second-order valence-electron chi connectivity index (χ2n) is 8.80. The van der Waals surface area contributed by atoms with E-state index in [4.69, 9.17) is 4.74 Å². The summed E-state index contributed by atoms with van der Waals surface area (Å²) in [6, 6.07) is 18.4. The van der Waals surface area contributed by atoms with E-state index in [0.717, 1.165) is 18.6 Å². The Morgan fingerprint density at radius 1 is 1.16 bits per heavy atom. The summed E-state index contributed by atoms with van der Waals surface area (Å²) in [6.45, 7) is 5.37. The first-order valence-corrected chi connectivity index (χ1v) is 11.0. The van der Waals surface area contributed by atoms with Crippen LogP contribution >= 0.6 is 0 Å². The Kier molecular flexibility index (Phi) is 6.39. The lowest BCUT2D eigenvalue weighted by atomic mass is 9.63. The average Bonchev–Trinajstić information content (AvgIpc) is 2.77. The highest BCUT2D eigenvalue weighted by molar-refractivity contribution is 5.93. The molecule has 0 aromatic heterocycles. The molecule has 2 aromatic rings. The molecule has 0 bridgehead atoms. The van der Waals surface area contributed by atoms with E-state index in [0.29, 0.717) is 25.0 Å². The first-order valence-electron chi connectivity index (χ1n) is 11.0. The van der Waals surface area contributed by atoms with Crippen molar-refractivity contribution in [3.05, 3.63) is 65.7 Å². The fourth-order valence-corrected chi connectivity index (χ4v) is 4.95. The molecule has 1 saturated carbocycles. The van der Waals surface area contributed by atoms with Crippen LogP contribution in [0.25, 0.3) is 0 Å². The Morgan fingerprint density at radius 3 is 2.65 bits per heavy atom. The van der Waals surface area contributed by atoms with Crippen LogP contribution in [-0.4, -0.2) is 54.7 Å². The van der Waals surface area contributed by atoms with Gasteiger partial charge in [-0.3, -0.25) is 0 Å². The Hall–Kier alpha value is -2.70. The summed E-state index contributed by atoms with van der Waals surface area (Å²) in [5, 5.41) is 15.4. The summed E-state index contributed by atoms with van der Waals surface area (Å²) in [6.07, 6.45) is 3.84. The highest BCUT2D eigenvalue weighted by Crippen LogP contribution is 2.45. The van der Waals surface area contributed by atoms with Crippen molar-refractivity contribution in [2.24, 2.45) is 15.4 Å². The lowest BCUT2D eigenvalue weighted by Gasteiger charge is -2.51. The molecule has 1 aliphatic heterocycles. The molecule has 0 saturated heterocycles. The van der Waals surface area contributed by atoms with Gasteiger partial charge in [0.25, 0.3) is 0 Å². The molecule has 3 unspecified atom stereocenters. The number of fused-ring (bicyclic) bond motifs is 1. The van der Waals surface area contributed by atoms with Crippen LogP contribution in [0, 0.1) is 12.3 Å². The summed E-state index contributed by atoms with van der Waals surface area (Å²) < 4.78 is 5.73. The van der Waals surface area contributed by atoms with Crippen molar-refractivity contribution in [3.63, 3.8) is 0 Å². The van der Waals surface area contributed by atoms with Gasteiger partial charge in [0.05, 0.1) is 6.54 Å². The second-order valence-corrected chi connectivity index (χ2v) is 8.80. The van der Waals surface area contributed by atoms with Crippen LogP contribution in [0.4, 0.5) is 0 Å². The van der Waals surface area contributed by atoms with Crippen LogP contribution in [0.15, 0.2) is 64.6 Å². The number of nitrogens with zero attached hydrogens (tertiary/aromatic N) is 3. The molecule has 4 rings (SSSR count). The third kappa shape index (κ3) is 4.65. The number of para-hydroxylation sites is 1. The number of hydrogen-bond acceptors (Lipinski definition) is 4. The van der Waals surface area contributed by atoms with Gasteiger partial charge in [0.15, 0.2) is 0 Å². The summed E-state index contributed by atoms with van der Waals surface area (Å²) in [7, 11) is 1.74. The molecule has 2 aliphatic rings. The van der Waals surface area contributed by atoms with Crippen molar-refractivity contribution in [2.75, 3.05) is 20.2 Å². The van der Waals surface area contributed by atoms with Gasteiger partial charge in [-0.05, 0) is 48.9 Å². The number of guanidine groups is 1. The van der Waals surface area contributed by atoms with E-state index in [1.165, 1.54) is 16.2 Å². The van der Waals surface area contributed by atoms with E-state index in [2.05, 4.69) is 53.4 Å². The molecule has 164 valence electrons. The quantitative estimate of drug-likeness (QED) is 0.547. The van der Waals surface area contributed by atoms with Crippen LogP contribution in [0.2, 0.25) is 0 Å². The lowest BCUT2D eigenvalue weighted by molar-refractivity contribution is -0.141. The minimum absolute atomic E-state index is 0.0323. The molecule has 6 heteroatoms. The predicted octanol–water partition coefficient (Wildman–Crippen LogP) is 4.05. The average molecular weight is 421 g/mol. The largest absolute Gasteiger partial charge is 0.492 e. The monoisotopic (exact) mass is 420 g/mol. The van der Waals surface area contributed by atoms with E-state index in [1.54, 1.807) is 7.05 Å². The van der Waals surface area contributed by atoms with Crippen LogP contribution in [-0.2, 0) is 0 Å². The molecule has 2 N–H and O–H groups in total. The molecule has 2 aromatic carbocycles. The number of aryl methyl sites for hydroxylation is 1. The van der Waals surface area contributed by atoms with Crippen molar-refractivity contribution in [1.29, 1.82) is 0 Å². The third-order valence-electron chi connectivity index (χ3n) is 6.71. The van der Waals surface area contributed by atoms with Crippen molar-refractivity contribution in [1.82, 2.24) is 10.4 Å². The van der Waals surface area contributed by atoms with Crippen molar-refractivity contribution >= 4 is 12.2 Å². The lowest BCUT2D eigenvalue weighted by Crippen LogP contribution is -2.62. The molecule has 1 aliphatic carbocycles. The second kappa shape index (κ2) is 9.20. The van der Waals surface area contributed by atoms with Gasteiger partial charge < -0.3 is 15.3 Å². The zero-order valence-electron chi connectivity index (χ0n) is 18.5. The molecule has 0 amide bonds. The van der Waals surface area contributed by atoms with Crippen molar-refractivity contribution in [2.45, 2.75) is 44.7 Å². The zero-order valence-corrected chi connectivity index (χ0v) is 18.5. The van der Waals surface area contributed by atoms with Crippen LogP contribution in [0.3, 0.4) is 0 Å². The molecule has 1 heterocycles. The maximum atomic E-state index is 10.5. The zero-order chi connectivity index (χ0) is 21.8. The SMILES string of the molecule is Cc1ccccc1C1CC2NC(=NCCOc3ccccc3)N=C[C@]2(C)C(N(C)O)C1. The smallest absolute Gasteiger partial charge is 0.218 e. The minimum atomic E-state index is -0.276. The summed E-state index contributed by atoms with van der Waals surface area (Å²) in [5.74, 6) is 1.85. The standard InChI is InChI=1S/C25H32N4O2/c1-18-9-7-8-12-21(18)19-15-22-25(2,23(16-19)29(3)30)17-27-24(28-22)26-13-14-31-20-10-5-4-6-11-20/h4-12,17,19,22-23,30H,13-16H2,1-3H3,(H,26,28)/t19?,22?,23?,25-/m0/s1. The molecule has 6 nitrogen and oxygen atoms in total. The van der Waals surface area contributed by atoms with Gasteiger partial charge in [-0.2, -0.15) is 5.06 Å².